The quantitative estimate of drug-likeness (QED) is 0.556. The van der Waals surface area contributed by atoms with Gasteiger partial charge in [0, 0.05) is 18.2 Å². The fraction of sp³-hybridized carbons (Fsp3) is 0. The number of H-pyrrole nitrogens is 1. The SMILES string of the molecule is Nc1nc2ncc(Oc3ccc([N+](=O)[O-])cc3)cc2[nH]1. The summed E-state index contributed by atoms with van der Waals surface area (Å²) >= 11 is 0. The van der Waals surface area contributed by atoms with Crippen LogP contribution in [0.5, 0.6) is 11.5 Å². The van der Waals surface area contributed by atoms with Crippen LogP contribution in [0.2, 0.25) is 0 Å². The topological polar surface area (TPSA) is 120 Å². The Labute approximate surface area is 112 Å². The van der Waals surface area contributed by atoms with Crippen molar-refractivity contribution in [3.8, 4) is 11.5 Å². The Morgan fingerprint density at radius 2 is 2.00 bits per heavy atom. The average molecular weight is 271 g/mol. The fourth-order valence-electron chi connectivity index (χ4n) is 1.73. The van der Waals surface area contributed by atoms with Crippen LogP contribution >= 0.6 is 0 Å². The molecule has 0 bridgehead atoms. The van der Waals surface area contributed by atoms with Crippen molar-refractivity contribution in [3.05, 3.63) is 46.6 Å². The van der Waals surface area contributed by atoms with Gasteiger partial charge in [-0.05, 0) is 12.1 Å². The van der Waals surface area contributed by atoms with Crippen molar-refractivity contribution in [2.24, 2.45) is 0 Å². The van der Waals surface area contributed by atoms with Gasteiger partial charge in [-0.15, -0.1) is 0 Å². The summed E-state index contributed by atoms with van der Waals surface area (Å²) in [6.07, 6.45) is 1.50. The molecule has 0 fully saturated rings. The standard InChI is InChI=1S/C12H9N5O3/c13-12-15-10-5-9(6-14-11(10)16-12)20-8-3-1-7(2-4-8)17(18)19/h1-6H,(H3,13,14,15,16). The molecule has 2 heterocycles. The lowest BCUT2D eigenvalue weighted by atomic mass is 10.3. The largest absolute Gasteiger partial charge is 0.456 e. The van der Waals surface area contributed by atoms with Gasteiger partial charge in [-0.25, -0.2) is 4.98 Å². The molecule has 0 saturated carbocycles. The number of ether oxygens (including phenoxy) is 1. The third-order valence-electron chi connectivity index (χ3n) is 2.61. The molecule has 0 atom stereocenters. The van der Waals surface area contributed by atoms with Crippen LogP contribution < -0.4 is 10.5 Å². The first kappa shape index (κ1) is 11.9. The van der Waals surface area contributed by atoms with E-state index in [1.807, 2.05) is 0 Å². The van der Waals surface area contributed by atoms with E-state index in [0.29, 0.717) is 22.7 Å². The first-order valence-corrected chi connectivity index (χ1v) is 5.65. The van der Waals surface area contributed by atoms with Gasteiger partial charge in [-0.1, -0.05) is 0 Å². The van der Waals surface area contributed by atoms with E-state index in [1.54, 1.807) is 6.07 Å². The van der Waals surface area contributed by atoms with Crippen molar-refractivity contribution >= 4 is 22.8 Å². The van der Waals surface area contributed by atoms with E-state index in [0.717, 1.165) is 0 Å². The van der Waals surface area contributed by atoms with Crippen LogP contribution in [0.3, 0.4) is 0 Å². The molecule has 0 unspecified atom stereocenters. The van der Waals surface area contributed by atoms with Gasteiger partial charge in [0.05, 0.1) is 16.6 Å². The number of nitro benzene ring substituents is 1. The number of aromatic nitrogens is 3. The fourth-order valence-corrected chi connectivity index (χ4v) is 1.73. The maximum Gasteiger partial charge on any atom is 0.269 e. The molecule has 0 aliphatic carbocycles. The predicted octanol–water partition coefficient (Wildman–Crippen LogP) is 2.24. The maximum atomic E-state index is 10.6. The number of non-ortho nitro benzene ring substituents is 1. The van der Waals surface area contributed by atoms with Crippen LogP contribution in [0.4, 0.5) is 11.6 Å². The lowest BCUT2D eigenvalue weighted by Gasteiger charge is -2.04. The van der Waals surface area contributed by atoms with Crippen LogP contribution in [0, 0.1) is 10.1 Å². The summed E-state index contributed by atoms with van der Waals surface area (Å²) in [7, 11) is 0. The predicted molar refractivity (Wildman–Crippen MR) is 71.5 cm³/mol. The average Bonchev–Trinajstić information content (AvgIpc) is 2.78. The third-order valence-corrected chi connectivity index (χ3v) is 2.61. The molecule has 20 heavy (non-hydrogen) atoms. The molecule has 0 radical (unpaired) electrons. The number of imidazole rings is 1. The number of anilines is 1. The van der Waals surface area contributed by atoms with E-state index in [9.17, 15) is 10.1 Å². The number of nitro groups is 1. The van der Waals surface area contributed by atoms with Crippen LogP contribution in [0.25, 0.3) is 11.2 Å². The highest BCUT2D eigenvalue weighted by Crippen LogP contribution is 2.25. The Bertz CT molecular complexity index is 781. The normalized spacial score (nSPS) is 10.6. The van der Waals surface area contributed by atoms with E-state index in [-0.39, 0.29) is 11.6 Å². The summed E-state index contributed by atoms with van der Waals surface area (Å²) in [5.41, 5.74) is 6.69. The van der Waals surface area contributed by atoms with Crippen LogP contribution in [-0.4, -0.2) is 19.9 Å². The van der Waals surface area contributed by atoms with E-state index < -0.39 is 4.92 Å². The number of aromatic amines is 1. The van der Waals surface area contributed by atoms with Crippen molar-refractivity contribution < 1.29 is 9.66 Å². The van der Waals surface area contributed by atoms with Gasteiger partial charge in [0.1, 0.15) is 11.5 Å². The zero-order valence-corrected chi connectivity index (χ0v) is 10.1. The molecule has 0 aliphatic rings. The minimum absolute atomic E-state index is 0.00673. The Hall–Kier alpha value is -3.16. The molecule has 0 spiro atoms. The Morgan fingerprint density at radius 1 is 1.25 bits per heavy atom. The summed E-state index contributed by atoms with van der Waals surface area (Å²) in [6.45, 7) is 0. The number of fused-ring (bicyclic) bond motifs is 1. The van der Waals surface area contributed by atoms with Crippen LogP contribution in [-0.2, 0) is 0 Å². The number of nitrogens with two attached hydrogens (primary N) is 1. The molecule has 8 nitrogen and oxygen atoms in total. The van der Waals surface area contributed by atoms with Gasteiger partial charge < -0.3 is 15.5 Å². The Kier molecular flexibility index (Phi) is 2.68. The highest BCUT2D eigenvalue weighted by atomic mass is 16.6. The summed E-state index contributed by atoms with van der Waals surface area (Å²) in [4.78, 5) is 21.0. The van der Waals surface area contributed by atoms with Gasteiger partial charge >= 0.3 is 0 Å². The van der Waals surface area contributed by atoms with Crippen molar-refractivity contribution in [1.82, 2.24) is 15.0 Å². The molecular weight excluding hydrogens is 262 g/mol. The molecule has 0 saturated heterocycles. The monoisotopic (exact) mass is 271 g/mol. The van der Waals surface area contributed by atoms with Crippen molar-refractivity contribution in [1.29, 1.82) is 0 Å². The zero-order chi connectivity index (χ0) is 14.1. The van der Waals surface area contributed by atoms with E-state index in [4.69, 9.17) is 10.5 Å². The van der Waals surface area contributed by atoms with Gasteiger partial charge in [0.25, 0.3) is 5.69 Å². The number of hydrogen-bond donors (Lipinski definition) is 2. The molecule has 3 N–H and O–H groups in total. The van der Waals surface area contributed by atoms with E-state index in [1.165, 1.54) is 30.5 Å². The van der Waals surface area contributed by atoms with E-state index in [2.05, 4.69) is 15.0 Å². The lowest BCUT2D eigenvalue weighted by Crippen LogP contribution is -1.89. The Balaban J connectivity index is 1.86. The number of pyridine rings is 1. The van der Waals surface area contributed by atoms with Crippen LogP contribution in [0.1, 0.15) is 0 Å². The number of nitrogen functional groups attached to an aromatic ring is 1. The summed E-state index contributed by atoms with van der Waals surface area (Å²) in [6, 6.07) is 7.48. The highest BCUT2D eigenvalue weighted by molar-refractivity contribution is 5.74. The van der Waals surface area contributed by atoms with Crippen molar-refractivity contribution in [3.63, 3.8) is 0 Å². The summed E-state index contributed by atoms with van der Waals surface area (Å²) < 4.78 is 5.56. The van der Waals surface area contributed by atoms with Gasteiger partial charge in [0.15, 0.2) is 11.6 Å². The summed E-state index contributed by atoms with van der Waals surface area (Å²) in [5.74, 6) is 1.24. The van der Waals surface area contributed by atoms with Crippen molar-refractivity contribution in [2.75, 3.05) is 5.73 Å². The number of rotatable bonds is 3. The number of nitrogens with one attached hydrogen (secondary N) is 1. The summed E-state index contributed by atoms with van der Waals surface area (Å²) in [5, 5.41) is 10.6. The first-order chi connectivity index (χ1) is 9.61. The Morgan fingerprint density at radius 3 is 2.70 bits per heavy atom. The molecule has 1 aromatic carbocycles. The molecule has 3 rings (SSSR count). The third kappa shape index (κ3) is 2.21. The van der Waals surface area contributed by atoms with Crippen molar-refractivity contribution in [2.45, 2.75) is 0 Å². The molecule has 0 aliphatic heterocycles. The highest BCUT2D eigenvalue weighted by Gasteiger charge is 2.07. The van der Waals surface area contributed by atoms with Crippen LogP contribution in [0.15, 0.2) is 36.5 Å². The minimum atomic E-state index is -0.467. The molecular formula is C12H9N5O3. The van der Waals surface area contributed by atoms with Gasteiger partial charge in [0.2, 0.25) is 0 Å². The molecule has 0 amide bonds. The molecule has 2 aromatic heterocycles. The minimum Gasteiger partial charge on any atom is -0.456 e. The van der Waals surface area contributed by atoms with Gasteiger partial charge in [-0.3, -0.25) is 10.1 Å². The van der Waals surface area contributed by atoms with E-state index >= 15 is 0 Å². The molecule has 8 heteroatoms. The number of hydrogen-bond acceptors (Lipinski definition) is 6. The maximum absolute atomic E-state index is 10.6. The lowest BCUT2D eigenvalue weighted by molar-refractivity contribution is -0.384. The second-order valence-electron chi connectivity index (χ2n) is 4.02. The molecule has 3 aromatic rings. The first-order valence-electron chi connectivity index (χ1n) is 5.65. The van der Waals surface area contributed by atoms with Gasteiger partial charge in [-0.2, -0.15) is 4.98 Å². The number of benzene rings is 1. The second-order valence-corrected chi connectivity index (χ2v) is 4.02. The second kappa shape index (κ2) is 4.50. The smallest absolute Gasteiger partial charge is 0.269 e. The number of nitrogens with zero attached hydrogens (tertiary/aromatic N) is 3. The zero-order valence-electron chi connectivity index (χ0n) is 10.1. The molecule has 100 valence electrons.